The van der Waals surface area contributed by atoms with Crippen LogP contribution in [-0.2, 0) is 60.7 Å². The molecule has 0 aromatic rings. The van der Waals surface area contributed by atoms with Crippen molar-refractivity contribution in [3.8, 4) is 0 Å². The van der Waals surface area contributed by atoms with Crippen molar-refractivity contribution in [2.75, 3.05) is 15.3 Å². The third-order valence-electron chi connectivity index (χ3n) is 0.866. The third-order valence-corrected chi connectivity index (χ3v) is 7.79. The molecule has 0 aromatic carbocycles. The fraction of sp³-hybridized carbons (Fsp3) is 1.00. The van der Waals surface area contributed by atoms with Gasteiger partial charge in [-0.05, 0) is 0 Å². The second-order valence-corrected chi connectivity index (χ2v) is 13.2. The Morgan fingerprint density at radius 3 is 0.379 bits per heavy atom. The fourth-order valence-electron chi connectivity index (χ4n) is 0.530. The second-order valence-electron chi connectivity index (χ2n) is 3.70. The Balaban J connectivity index is -0.0000000960. The third kappa shape index (κ3) is 58.6. The Morgan fingerprint density at radius 2 is 0.379 bits per heavy atom. The van der Waals surface area contributed by atoms with Crippen LogP contribution in [0.3, 0.4) is 0 Å². The zero-order chi connectivity index (χ0) is 23.1. The molecule has 0 N–H and O–H groups in total. The van der Waals surface area contributed by atoms with E-state index in [0.717, 1.165) is 0 Å². The van der Waals surface area contributed by atoms with Gasteiger partial charge in [0.15, 0.2) is 0 Å². The molecule has 0 atom stereocenters. The Kier molecular flexibility index (Phi) is 20.1. The van der Waals surface area contributed by atoms with Crippen molar-refractivity contribution < 1.29 is 77.8 Å². The smallest absolute Gasteiger partial charge is 0.747 e. The van der Waals surface area contributed by atoms with Gasteiger partial charge >= 0.3 is 52.4 Å². The van der Waals surface area contributed by atoms with Crippen molar-refractivity contribution >= 4 is 113 Å². The zero-order valence-electron chi connectivity index (χ0n) is 12.8. The van der Waals surface area contributed by atoms with Crippen molar-refractivity contribution in [1.29, 1.82) is 0 Å². The van der Waals surface area contributed by atoms with Crippen LogP contribution in [0.4, 0.5) is 0 Å². The Bertz CT molecular complexity index is 866. The molecule has 0 saturated heterocycles. The summed E-state index contributed by atoms with van der Waals surface area (Å²) in [5, 5.41) is -5.62. The maximum Gasteiger partial charge on any atom is 3.00 e. The van der Waals surface area contributed by atoms with E-state index in [1.54, 1.807) is 0 Å². The average Bonchev–Trinajstić information content (AvgIpc) is 1.96. The van der Waals surface area contributed by atoms with Gasteiger partial charge in [-0.25, -0.2) is 50.5 Å². The molecule has 0 heterocycles. The first-order valence-corrected chi connectivity index (χ1v) is 14.2. The first kappa shape index (κ1) is 40.6. The van der Waals surface area contributed by atoms with E-state index in [1.807, 2.05) is 0 Å². The second kappa shape index (κ2) is 14.4. The molecule has 0 spiro atoms. The minimum atomic E-state index is -4.93. The molecule has 18 nitrogen and oxygen atoms in total. The van der Waals surface area contributed by atoms with Crippen LogP contribution in [0.2, 0.25) is 0 Å². The molecule has 172 valence electrons. The number of hydrogen-bond donors (Lipinski definition) is 0. The molecule has 0 aromatic heterocycles. The summed E-state index contributed by atoms with van der Waals surface area (Å²) in [5.74, 6) is 0. The summed E-state index contributed by atoms with van der Waals surface area (Å²) < 4.78 is 171. The quantitative estimate of drug-likeness (QED) is 0.176. The van der Waals surface area contributed by atoms with Gasteiger partial charge < -0.3 is 27.3 Å². The Hall–Kier alpha value is 1.23. The topological polar surface area (TPSA) is 343 Å². The molecule has 0 rings (SSSR count). The Morgan fingerprint density at radius 1 is 0.310 bits per heavy atom. The SMILES string of the molecule is O=S(=O)([O-])CS(=O)(=O)[O-].O=S(=O)([O-])CS(=O)(=O)[O-].O=S(=O)([O-])CS(=O)(=O)[O-].[Bi+3].[Bi+3]. The summed E-state index contributed by atoms with van der Waals surface area (Å²) in [7, 11) is -29.6. The average molecular weight is 940 g/mol. The van der Waals surface area contributed by atoms with Crippen molar-refractivity contribution in [2.24, 2.45) is 0 Å². The molecule has 0 unspecified atom stereocenters. The van der Waals surface area contributed by atoms with Gasteiger partial charge in [-0.2, -0.15) is 0 Å². The normalized spacial score (nSPS) is 12.6. The van der Waals surface area contributed by atoms with Gasteiger partial charge in [0.05, 0.1) is 0 Å². The first-order chi connectivity index (χ1) is 11.1. The van der Waals surface area contributed by atoms with Crippen LogP contribution in [0.1, 0.15) is 0 Å². The molecule has 0 bridgehead atoms. The summed E-state index contributed by atoms with van der Waals surface area (Å²) >= 11 is 0. The van der Waals surface area contributed by atoms with E-state index < -0.39 is 76.0 Å². The van der Waals surface area contributed by atoms with E-state index in [9.17, 15) is 77.8 Å². The number of hydrogen-bond acceptors (Lipinski definition) is 18. The minimum Gasteiger partial charge on any atom is -0.747 e. The molecule has 26 heteroatoms. The predicted octanol–water partition coefficient (Wildman–Crippen LogP) is -6.66. The van der Waals surface area contributed by atoms with Crippen molar-refractivity contribution in [2.45, 2.75) is 0 Å². The summed E-state index contributed by atoms with van der Waals surface area (Å²) in [5.41, 5.74) is 0. The molecule has 29 heavy (non-hydrogen) atoms. The van der Waals surface area contributed by atoms with E-state index in [4.69, 9.17) is 0 Å². The van der Waals surface area contributed by atoms with Gasteiger partial charge in [0, 0.05) is 0 Å². The van der Waals surface area contributed by atoms with Crippen molar-refractivity contribution in [1.82, 2.24) is 0 Å². The first-order valence-electron chi connectivity index (χ1n) is 4.73. The van der Waals surface area contributed by atoms with E-state index in [-0.39, 0.29) is 52.4 Å². The van der Waals surface area contributed by atoms with Crippen LogP contribution in [0.5, 0.6) is 0 Å². The molecular formula is C3H6Bi2O18S6. The summed E-state index contributed by atoms with van der Waals surface area (Å²) in [6, 6.07) is 0. The van der Waals surface area contributed by atoms with Gasteiger partial charge in [-0.15, -0.1) is 0 Å². The van der Waals surface area contributed by atoms with Crippen LogP contribution in [0.15, 0.2) is 0 Å². The summed E-state index contributed by atoms with van der Waals surface area (Å²) in [6.45, 7) is 0. The van der Waals surface area contributed by atoms with Crippen LogP contribution in [-0.4, -0.2) is 145 Å². The van der Waals surface area contributed by atoms with Gasteiger partial charge in [0.1, 0.15) is 76.0 Å². The maximum atomic E-state index is 9.51. The van der Waals surface area contributed by atoms with Gasteiger partial charge in [0.25, 0.3) is 0 Å². The Labute approximate surface area is 204 Å². The molecule has 0 amide bonds. The van der Waals surface area contributed by atoms with E-state index in [0.29, 0.717) is 0 Å². The zero-order valence-corrected chi connectivity index (χ0v) is 24.7. The summed E-state index contributed by atoms with van der Waals surface area (Å²) in [4.78, 5) is 0. The molecular weight excluding hydrogens is 934 g/mol. The van der Waals surface area contributed by atoms with E-state index in [2.05, 4.69) is 0 Å². The molecule has 0 saturated carbocycles. The molecule has 0 aliphatic rings. The van der Waals surface area contributed by atoms with Gasteiger partial charge in [-0.1, -0.05) is 0 Å². The van der Waals surface area contributed by atoms with E-state index in [1.165, 1.54) is 0 Å². The molecule has 0 aliphatic heterocycles. The maximum absolute atomic E-state index is 9.51. The largest absolute Gasteiger partial charge is 3.00 e. The fourth-order valence-corrected chi connectivity index (χ4v) is 4.77. The molecule has 0 fully saturated rings. The number of rotatable bonds is 6. The standard InChI is InChI=1S/3CH4O6S2.2Bi/c3*2-8(3,4)1-9(5,6)7;;/h3*1H2,(H,2,3,4)(H,5,6,7);;/q;;;2*+3/p-6. The van der Waals surface area contributed by atoms with Crippen molar-refractivity contribution in [3.63, 3.8) is 0 Å². The van der Waals surface area contributed by atoms with Crippen molar-refractivity contribution in [3.05, 3.63) is 0 Å². The molecule has 0 aliphatic carbocycles. The van der Waals surface area contributed by atoms with Crippen LogP contribution in [0.25, 0.3) is 0 Å². The van der Waals surface area contributed by atoms with E-state index >= 15 is 0 Å². The molecule has 4 radical (unpaired) electrons. The monoisotopic (exact) mass is 940 g/mol. The predicted molar refractivity (Wildman–Crippen MR) is 84.3 cm³/mol. The minimum absolute atomic E-state index is 0. The van der Waals surface area contributed by atoms with Gasteiger partial charge in [-0.3, -0.25) is 0 Å². The van der Waals surface area contributed by atoms with Crippen LogP contribution >= 0.6 is 0 Å². The summed E-state index contributed by atoms with van der Waals surface area (Å²) in [6.07, 6.45) is 0. The van der Waals surface area contributed by atoms with Gasteiger partial charge in [0.2, 0.25) is 0 Å². The van der Waals surface area contributed by atoms with Crippen LogP contribution in [0, 0.1) is 0 Å². The van der Waals surface area contributed by atoms with Crippen LogP contribution < -0.4 is 0 Å².